The smallest absolute Gasteiger partial charge is 0.354 e. The maximum atomic E-state index is 11.5. The van der Waals surface area contributed by atoms with Crippen LogP contribution in [0.5, 0.6) is 0 Å². The van der Waals surface area contributed by atoms with E-state index in [2.05, 4.69) is 9.72 Å². The average molecular weight is 247 g/mol. The van der Waals surface area contributed by atoms with Gasteiger partial charge < -0.3 is 14.5 Å². The third-order valence-corrected chi connectivity index (χ3v) is 2.54. The van der Waals surface area contributed by atoms with E-state index in [1.54, 1.807) is 31.2 Å². The number of hydrogen-bond acceptors (Lipinski definition) is 4. The molecule has 0 radical (unpaired) electrons. The molecule has 0 fully saturated rings. The number of aromatic nitrogens is 1. The van der Waals surface area contributed by atoms with Gasteiger partial charge in [-0.3, -0.25) is 0 Å². The number of ether oxygens (including phenoxy) is 2. The van der Waals surface area contributed by atoms with Crippen molar-refractivity contribution < 1.29 is 19.1 Å². The number of esters is 2. The maximum absolute atomic E-state index is 11.5. The summed E-state index contributed by atoms with van der Waals surface area (Å²) in [5.74, 6) is -0.822. The van der Waals surface area contributed by atoms with E-state index >= 15 is 0 Å². The van der Waals surface area contributed by atoms with Crippen molar-refractivity contribution in [1.82, 2.24) is 4.98 Å². The molecule has 0 aliphatic rings. The third kappa shape index (κ3) is 2.20. The number of nitrogens with one attached hydrogen (secondary N) is 1. The number of aromatic amines is 1. The van der Waals surface area contributed by atoms with Crippen molar-refractivity contribution in [2.45, 2.75) is 6.92 Å². The van der Waals surface area contributed by atoms with Gasteiger partial charge in [0, 0.05) is 10.9 Å². The van der Waals surface area contributed by atoms with Crippen molar-refractivity contribution in [2.24, 2.45) is 0 Å². The highest BCUT2D eigenvalue weighted by molar-refractivity contribution is 5.98. The Hall–Kier alpha value is -2.30. The van der Waals surface area contributed by atoms with Crippen LogP contribution in [0.4, 0.5) is 0 Å². The molecule has 2 aromatic rings. The van der Waals surface area contributed by atoms with Gasteiger partial charge in [0.2, 0.25) is 0 Å². The van der Waals surface area contributed by atoms with E-state index in [0.29, 0.717) is 23.4 Å². The summed E-state index contributed by atoms with van der Waals surface area (Å²) in [6.45, 7) is 2.07. The van der Waals surface area contributed by atoms with E-state index < -0.39 is 11.9 Å². The van der Waals surface area contributed by atoms with Crippen LogP contribution in [0.15, 0.2) is 24.3 Å². The van der Waals surface area contributed by atoms with Crippen LogP contribution in [0.25, 0.3) is 10.9 Å². The van der Waals surface area contributed by atoms with Gasteiger partial charge in [0.25, 0.3) is 0 Å². The Morgan fingerprint density at radius 1 is 1.22 bits per heavy atom. The summed E-state index contributed by atoms with van der Waals surface area (Å²) in [6, 6.07) is 6.73. The average Bonchev–Trinajstić information content (AvgIpc) is 2.80. The fourth-order valence-electron chi connectivity index (χ4n) is 1.69. The zero-order valence-corrected chi connectivity index (χ0v) is 10.1. The minimum absolute atomic E-state index is 0.321. The van der Waals surface area contributed by atoms with Gasteiger partial charge in [-0.1, -0.05) is 6.07 Å². The SMILES string of the molecule is CCOC(=O)c1cc2ccc(C(=O)OC)cc2[nH]1. The summed E-state index contributed by atoms with van der Waals surface area (Å²) in [5, 5.41) is 0.839. The molecule has 94 valence electrons. The molecule has 18 heavy (non-hydrogen) atoms. The zero-order chi connectivity index (χ0) is 13.1. The van der Waals surface area contributed by atoms with Gasteiger partial charge in [0.15, 0.2) is 0 Å². The molecule has 0 unspecified atom stereocenters. The van der Waals surface area contributed by atoms with Gasteiger partial charge in [-0.15, -0.1) is 0 Å². The predicted molar refractivity (Wildman–Crippen MR) is 65.6 cm³/mol. The highest BCUT2D eigenvalue weighted by atomic mass is 16.5. The van der Waals surface area contributed by atoms with Crippen molar-refractivity contribution in [3.63, 3.8) is 0 Å². The topological polar surface area (TPSA) is 68.4 Å². The summed E-state index contributed by atoms with van der Waals surface area (Å²) in [4.78, 5) is 25.8. The predicted octanol–water partition coefficient (Wildman–Crippen LogP) is 2.13. The maximum Gasteiger partial charge on any atom is 0.354 e. The molecule has 1 aromatic heterocycles. The molecular weight excluding hydrogens is 234 g/mol. The number of H-pyrrole nitrogens is 1. The first-order valence-electron chi connectivity index (χ1n) is 5.54. The normalized spacial score (nSPS) is 10.3. The van der Waals surface area contributed by atoms with Gasteiger partial charge in [0.1, 0.15) is 5.69 Å². The lowest BCUT2D eigenvalue weighted by Crippen LogP contribution is -2.04. The lowest BCUT2D eigenvalue weighted by Gasteiger charge is -1.98. The van der Waals surface area contributed by atoms with Crippen molar-refractivity contribution in [1.29, 1.82) is 0 Å². The Kier molecular flexibility index (Phi) is 3.32. The van der Waals surface area contributed by atoms with E-state index in [1.165, 1.54) is 7.11 Å². The monoisotopic (exact) mass is 247 g/mol. The molecule has 1 aromatic carbocycles. The highest BCUT2D eigenvalue weighted by Gasteiger charge is 2.12. The standard InChI is InChI=1S/C13H13NO4/c1-3-18-13(16)11-6-8-4-5-9(12(15)17-2)7-10(8)14-11/h4-7,14H,3H2,1-2H3. The molecule has 2 rings (SSSR count). The van der Waals surface area contributed by atoms with Crippen LogP contribution in [0, 0.1) is 0 Å². The van der Waals surface area contributed by atoms with Crippen LogP contribution in [0.2, 0.25) is 0 Å². The lowest BCUT2D eigenvalue weighted by atomic mass is 10.1. The summed E-state index contributed by atoms with van der Waals surface area (Å²) < 4.78 is 9.53. The van der Waals surface area contributed by atoms with Crippen molar-refractivity contribution in [3.8, 4) is 0 Å². The number of carbonyl (C=O) groups excluding carboxylic acids is 2. The van der Waals surface area contributed by atoms with Gasteiger partial charge in [-0.05, 0) is 25.1 Å². The summed E-state index contributed by atoms with van der Waals surface area (Å²) >= 11 is 0. The van der Waals surface area contributed by atoms with E-state index in [0.717, 1.165) is 5.39 Å². The second-order valence-corrected chi connectivity index (χ2v) is 3.70. The van der Waals surface area contributed by atoms with Gasteiger partial charge >= 0.3 is 11.9 Å². The quantitative estimate of drug-likeness (QED) is 0.843. The molecular formula is C13H13NO4. The fraction of sp³-hybridized carbons (Fsp3) is 0.231. The molecule has 0 atom stereocenters. The summed E-state index contributed by atoms with van der Waals surface area (Å²) in [5.41, 5.74) is 1.50. The van der Waals surface area contributed by atoms with E-state index in [-0.39, 0.29) is 0 Å². The molecule has 5 heteroatoms. The Bertz CT molecular complexity index is 600. The summed E-state index contributed by atoms with van der Waals surface area (Å²) in [7, 11) is 1.32. The number of fused-ring (bicyclic) bond motifs is 1. The first kappa shape index (κ1) is 12.2. The number of hydrogen-bond donors (Lipinski definition) is 1. The number of benzene rings is 1. The molecule has 1 N–H and O–H groups in total. The van der Waals surface area contributed by atoms with Crippen LogP contribution in [-0.2, 0) is 9.47 Å². The Morgan fingerprint density at radius 3 is 2.67 bits per heavy atom. The second-order valence-electron chi connectivity index (χ2n) is 3.70. The van der Waals surface area contributed by atoms with Crippen LogP contribution >= 0.6 is 0 Å². The fourth-order valence-corrected chi connectivity index (χ4v) is 1.69. The van der Waals surface area contributed by atoms with Crippen LogP contribution < -0.4 is 0 Å². The van der Waals surface area contributed by atoms with Gasteiger partial charge in [0.05, 0.1) is 19.3 Å². The number of carbonyl (C=O) groups is 2. The number of methoxy groups -OCH3 is 1. The van der Waals surface area contributed by atoms with E-state index in [4.69, 9.17) is 4.74 Å². The third-order valence-electron chi connectivity index (χ3n) is 2.54. The molecule has 0 saturated carbocycles. The molecule has 1 heterocycles. The Labute approximate surface area is 104 Å². The van der Waals surface area contributed by atoms with Crippen molar-refractivity contribution in [2.75, 3.05) is 13.7 Å². The molecule has 0 aliphatic heterocycles. The molecule has 0 amide bonds. The van der Waals surface area contributed by atoms with Crippen LogP contribution in [0.1, 0.15) is 27.8 Å². The largest absolute Gasteiger partial charge is 0.465 e. The number of rotatable bonds is 3. The van der Waals surface area contributed by atoms with Gasteiger partial charge in [-0.25, -0.2) is 9.59 Å². The first-order valence-corrected chi connectivity index (χ1v) is 5.54. The minimum atomic E-state index is -0.413. The highest BCUT2D eigenvalue weighted by Crippen LogP contribution is 2.18. The van der Waals surface area contributed by atoms with Gasteiger partial charge in [-0.2, -0.15) is 0 Å². The Balaban J connectivity index is 2.39. The van der Waals surface area contributed by atoms with Crippen molar-refractivity contribution >= 4 is 22.8 Å². The summed E-state index contributed by atoms with van der Waals surface area (Å²) in [6.07, 6.45) is 0. The molecule has 0 bridgehead atoms. The molecule has 0 spiro atoms. The van der Waals surface area contributed by atoms with Crippen molar-refractivity contribution in [3.05, 3.63) is 35.5 Å². The molecule has 5 nitrogen and oxygen atoms in total. The second kappa shape index (κ2) is 4.91. The minimum Gasteiger partial charge on any atom is -0.465 e. The van der Waals surface area contributed by atoms with E-state index in [9.17, 15) is 9.59 Å². The molecule has 0 aliphatic carbocycles. The Morgan fingerprint density at radius 2 is 2.00 bits per heavy atom. The first-order chi connectivity index (χ1) is 8.65. The van der Waals surface area contributed by atoms with Crippen LogP contribution in [0.3, 0.4) is 0 Å². The lowest BCUT2D eigenvalue weighted by molar-refractivity contribution is 0.0519. The van der Waals surface area contributed by atoms with E-state index in [1.807, 2.05) is 0 Å². The molecule has 0 saturated heterocycles. The zero-order valence-electron chi connectivity index (χ0n) is 10.1. The van der Waals surface area contributed by atoms with Crippen LogP contribution in [-0.4, -0.2) is 30.6 Å².